The molecule has 1 aromatic rings. The van der Waals surface area contributed by atoms with E-state index in [9.17, 15) is 4.79 Å². The summed E-state index contributed by atoms with van der Waals surface area (Å²) in [6.45, 7) is 2.67. The van der Waals surface area contributed by atoms with Crippen LogP contribution in [0.4, 0.5) is 5.69 Å². The summed E-state index contributed by atoms with van der Waals surface area (Å²) < 4.78 is 5.52. The molecule has 0 aliphatic heterocycles. The molecule has 0 radical (unpaired) electrons. The maximum Gasteiger partial charge on any atom is 0.323 e. The third-order valence-corrected chi connectivity index (χ3v) is 2.77. The third kappa shape index (κ3) is 4.45. The van der Waals surface area contributed by atoms with Crippen molar-refractivity contribution < 1.29 is 14.6 Å². The van der Waals surface area contributed by atoms with E-state index in [0.717, 1.165) is 12.8 Å². The Bertz CT molecular complexity index is 409. The number of benzene rings is 1. The van der Waals surface area contributed by atoms with Crippen LogP contribution in [0.2, 0.25) is 5.02 Å². The van der Waals surface area contributed by atoms with Crippen LogP contribution in [-0.2, 0) is 4.79 Å². The van der Waals surface area contributed by atoms with Gasteiger partial charge >= 0.3 is 5.97 Å². The molecule has 100 valence electrons. The number of rotatable bonds is 7. The second kappa shape index (κ2) is 7.11. The maximum atomic E-state index is 10.6. The number of carboxylic acid groups (broad SMARTS) is 1. The molecule has 5 heteroatoms. The molecule has 0 heterocycles. The SMILES string of the molecule is CCCCOc1ccc(N(C)CC(=O)O)c(Cl)c1. The van der Waals surface area contributed by atoms with Crippen molar-refractivity contribution in [3.8, 4) is 5.75 Å². The summed E-state index contributed by atoms with van der Waals surface area (Å²) in [4.78, 5) is 12.2. The minimum atomic E-state index is -0.892. The van der Waals surface area contributed by atoms with Crippen LogP contribution in [0.5, 0.6) is 5.75 Å². The first-order chi connectivity index (χ1) is 8.54. The minimum Gasteiger partial charge on any atom is -0.494 e. The van der Waals surface area contributed by atoms with Crippen LogP contribution in [0.25, 0.3) is 0 Å². The van der Waals surface area contributed by atoms with E-state index in [1.54, 1.807) is 30.1 Å². The van der Waals surface area contributed by atoms with Gasteiger partial charge in [0.15, 0.2) is 0 Å². The Morgan fingerprint density at radius 2 is 2.22 bits per heavy atom. The first-order valence-electron chi connectivity index (χ1n) is 5.90. The van der Waals surface area contributed by atoms with Crippen molar-refractivity contribution in [2.45, 2.75) is 19.8 Å². The molecule has 0 saturated carbocycles. The van der Waals surface area contributed by atoms with E-state index in [4.69, 9.17) is 21.4 Å². The average molecular weight is 272 g/mol. The van der Waals surface area contributed by atoms with E-state index < -0.39 is 5.97 Å². The zero-order valence-electron chi connectivity index (χ0n) is 10.6. The Morgan fingerprint density at radius 1 is 1.50 bits per heavy atom. The molecule has 1 rings (SSSR count). The van der Waals surface area contributed by atoms with Crippen LogP contribution in [0.15, 0.2) is 18.2 Å². The molecule has 0 aliphatic carbocycles. The molecular formula is C13H18ClNO3. The molecule has 0 bridgehead atoms. The maximum absolute atomic E-state index is 10.6. The minimum absolute atomic E-state index is 0.0875. The highest BCUT2D eigenvalue weighted by molar-refractivity contribution is 6.33. The Kier molecular flexibility index (Phi) is 5.78. The Balaban J connectivity index is 2.69. The molecule has 1 N–H and O–H groups in total. The fraction of sp³-hybridized carbons (Fsp3) is 0.462. The molecule has 18 heavy (non-hydrogen) atoms. The van der Waals surface area contributed by atoms with Crippen LogP contribution in [0.3, 0.4) is 0 Å². The molecule has 4 nitrogen and oxygen atoms in total. The van der Waals surface area contributed by atoms with E-state index in [-0.39, 0.29) is 6.54 Å². The summed E-state index contributed by atoms with van der Waals surface area (Å²) in [5.74, 6) is -0.183. The normalized spacial score (nSPS) is 10.2. The highest BCUT2D eigenvalue weighted by Crippen LogP contribution is 2.29. The van der Waals surface area contributed by atoms with Crippen molar-refractivity contribution in [2.75, 3.05) is 25.1 Å². The van der Waals surface area contributed by atoms with E-state index in [2.05, 4.69) is 6.92 Å². The van der Waals surface area contributed by atoms with Gasteiger partial charge in [-0.05, 0) is 18.6 Å². The lowest BCUT2D eigenvalue weighted by molar-refractivity contribution is -0.135. The Hall–Kier alpha value is -1.42. The number of hydrogen-bond donors (Lipinski definition) is 1. The fourth-order valence-corrected chi connectivity index (χ4v) is 1.82. The highest BCUT2D eigenvalue weighted by Gasteiger charge is 2.10. The average Bonchev–Trinajstić information content (AvgIpc) is 2.28. The largest absolute Gasteiger partial charge is 0.494 e. The van der Waals surface area contributed by atoms with Crippen LogP contribution < -0.4 is 9.64 Å². The summed E-state index contributed by atoms with van der Waals surface area (Å²) in [6.07, 6.45) is 2.07. The number of likely N-dealkylation sites (N-methyl/N-ethyl adjacent to an activating group) is 1. The molecule has 0 aromatic heterocycles. The van der Waals surface area contributed by atoms with Crippen LogP contribution in [-0.4, -0.2) is 31.3 Å². The lowest BCUT2D eigenvalue weighted by Gasteiger charge is -2.18. The molecule has 0 spiro atoms. The molecule has 0 unspecified atom stereocenters. The van der Waals surface area contributed by atoms with Gasteiger partial charge in [-0.25, -0.2) is 0 Å². The van der Waals surface area contributed by atoms with E-state index in [0.29, 0.717) is 23.1 Å². The van der Waals surface area contributed by atoms with Gasteiger partial charge in [0.1, 0.15) is 12.3 Å². The Labute approximate surface area is 112 Å². The zero-order chi connectivity index (χ0) is 13.5. The number of carbonyl (C=O) groups is 1. The van der Waals surface area contributed by atoms with Crippen molar-refractivity contribution in [1.29, 1.82) is 0 Å². The molecule has 0 saturated heterocycles. The smallest absolute Gasteiger partial charge is 0.323 e. The monoisotopic (exact) mass is 271 g/mol. The number of nitrogens with zero attached hydrogens (tertiary/aromatic N) is 1. The first kappa shape index (κ1) is 14.6. The molecule has 0 aliphatic rings. The van der Waals surface area contributed by atoms with Gasteiger partial charge in [-0.2, -0.15) is 0 Å². The van der Waals surface area contributed by atoms with E-state index >= 15 is 0 Å². The van der Waals surface area contributed by atoms with Crippen molar-refractivity contribution in [3.63, 3.8) is 0 Å². The van der Waals surface area contributed by atoms with E-state index in [1.165, 1.54) is 0 Å². The van der Waals surface area contributed by atoms with Crippen molar-refractivity contribution in [2.24, 2.45) is 0 Å². The van der Waals surface area contributed by atoms with Crippen molar-refractivity contribution in [1.82, 2.24) is 0 Å². The summed E-state index contributed by atoms with van der Waals surface area (Å²) in [6, 6.07) is 5.28. The second-order valence-corrected chi connectivity index (χ2v) is 4.47. The number of hydrogen-bond acceptors (Lipinski definition) is 3. The first-order valence-corrected chi connectivity index (χ1v) is 6.27. The summed E-state index contributed by atoms with van der Waals surface area (Å²) in [5, 5.41) is 9.22. The summed E-state index contributed by atoms with van der Waals surface area (Å²) >= 11 is 6.11. The highest BCUT2D eigenvalue weighted by atomic mass is 35.5. The van der Waals surface area contributed by atoms with Gasteiger partial charge in [-0.1, -0.05) is 24.9 Å². The fourth-order valence-electron chi connectivity index (χ4n) is 1.51. The summed E-state index contributed by atoms with van der Waals surface area (Å²) in [7, 11) is 1.69. The second-order valence-electron chi connectivity index (χ2n) is 4.07. The Morgan fingerprint density at radius 3 is 2.78 bits per heavy atom. The number of carboxylic acids is 1. The van der Waals surface area contributed by atoms with Crippen molar-refractivity contribution in [3.05, 3.63) is 23.2 Å². The molecule has 1 aromatic carbocycles. The van der Waals surface area contributed by atoms with Crippen LogP contribution >= 0.6 is 11.6 Å². The standard InChI is InChI=1S/C13H18ClNO3/c1-3-4-7-18-10-5-6-12(11(14)8-10)15(2)9-13(16)17/h5-6,8H,3-4,7,9H2,1-2H3,(H,16,17). The number of halogens is 1. The van der Waals surface area contributed by atoms with E-state index in [1.807, 2.05) is 0 Å². The number of unbranched alkanes of at least 4 members (excludes halogenated alkanes) is 1. The lowest BCUT2D eigenvalue weighted by atomic mass is 10.2. The van der Waals surface area contributed by atoms with Crippen molar-refractivity contribution >= 4 is 23.3 Å². The van der Waals surface area contributed by atoms with Gasteiger partial charge in [-0.3, -0.25) is 4.79 Å². The van der Waals surface area contributed by atoms with Gasteiger partial charge in [0.2, 0.25) is 0 Å². The van der Waals surface area contributed by atoms with Gasteiger partial charge in [0.05, 0.1) is 17.3 Å². The predicted molar refractivity (Wildman–Crippen MR) is 72.8 cm³/mol. The van der Waals surface area contributed by atoms with Crippen LogP contribution in [0, 0.1) is 0 Å². The third-order valence-electron chi connectivity index (χ3n) is 2.47. The predicted octanol–water partition coefficient (Wildman–Crippen LogP) is 3.04. The van der Waals surface area contributed by atoms with Crippen LogP contribution in [0.1, 0.15) is 19.8 Å². The number of ether oxygens (including phenoxy) is 1. The molecule has 0 amide bonds. The van der Waals surface area contributed by atoms with Gasteiger partial charge in [0.25, 0.3) is 0 Å². The molecule has 0 fully saturated rings. The summed E-state index contributed by atoms with van der Waals surface area (Å²) in [5.41, 5.74) is 0.682. The van der Waals surface area contributed by atoms with Gasteiger partial charge in [-0.15, -0.1) is 0 Å². The number of anilines is 1. The molecular weight excluding hydrogens is 254 g/mol. The van der Waals surface area contributed by atoms with Gasteiger partial charge < -0.3 is 14.7 Å². The quantitative estimate of drug-likeness (QED) is 0.775. The van der Waals surface area contributed by atoms with Gasteiger partial charge in [0, 0.05) is 13.1 Å². The number of aliphatic carboxylic acids is 1. The topological polar surface area (TPSA) is 49.8 Å². The zero-order valence-corrected chi connectivity index (χ0v) is 11.4. The lowest BCUT2D eigenvalue weighted by Crippen LogP contribution is -2.25. The molecule has 0 atom stereocenters.